The molecule has 0 aliphatic carbocycles. The Morgan fingerprint density at radius 3 is 2.19 bits per heavy atom. The van der Waals surface area contributed by atoms with Gasteiger partial charge in [0.05, 0.1) is 11.7 Å². The molecule has 0 unspecified atom stereocenters. The van der Waals surface area contributed by atoms with Gasteiger partial charge in [0.2, 0.25) is 15.9 Å². The second-order valence-corrected chi connectivity index (χ2v) is 11.2. The number of carbonyl (C=O) groups excluding carboxylic acids is 2. The lowest BCUT2D eigenvalue weighted by Crippen LogP contribution is -2.54. The Morgan fingerprint density at radius 1 is 1.03 bits per heavy atom. The maximum atomic E-state index is 13.5. The summed E-state index contributed by atoms with van der Waals surface area (Å²) in [7, 11) is -3.23. The number of nitrogens with zero attached hydrogens (tertiary/aromatic N) is 3. The first-order chi connectivity index (χ1) is 14.7. The van der Waals surface area contributed by atoms with Gasteiger partial charge in [-0.05, 0) is 51.2 Å². The van der Waals surface area contributed by atoms with Crippen molar-refractivity contribution in [2.45, 2.75) is 44.6 Å². The molecule has 3 aliphatic rings. The molecule has 8 nitrogen and oxygen atoms in total. The summed E-state index contributed by atoms with van der Waals surface area (Å²) in [6, 6.07) is 9.31. The Balaban J connectivity index is 1.43. The minimum atomic E-state index is -3.23. The first kappa shape index (κ1) is 22.1. The summed E-state index contributed by atoms with van der Waals surface area (Å²) >= 11 is 0. The van der Waals surface area contributed by atoms with Crippen molar-refractivity contribution in [1.82, 2.24) is 14.1 Å². The molecule has 31 heavy (non-hydrogen) atoms. The fourth-order valence-electron chi connectivity index (χ4n) is 5.71. The number of para-hydroxylation sites is 1. The number of piperidine rings is 2. The van der Waals surface area contributed by atoms with Crippen LogP contribution in [0.1, 0.15) is 39.0 Å². The molecule has 170 valence electrons. The standard InChI is InChI=1S/C22H32N4O4S/c1-3-26-19(27)21(9-15-25(16-10-21)31(2,29)30)17-22(26)11-13-24(14-12-22)20(28)23-18-7-5-4-6-8-18/h4-8H,3,9-17H2,1-2H3,(H,23,28). The minimum Gasteiger partial charge on any atom is -0.337 e. The summed E-state index contributed by atoms with van der Waals surface area (Å²) < 4.78 is 25.3. The van der Waals surface area contributed by atoms with E-state index in [9.17, 15) is 18.0 Å². The molecule has 9 heteroatoms. The molecule has 0 radical (unpaired) electrons. The molecular weight excluding hydrogens is 416 g/mol. The molecule has 0 aromatic heterocycles. The van der Waals surface area contributed by atoms with Crippen molar-refractivity contribution >= 4 is 27.6 Å². The van der Waals surface area contributed by atoms with Gasteiger partial charge >= 0.3 is 6.03 Å². The third kappa shape index (κ3) is 4.05. The van der Waals surface area contributed by atoms with Crippen molar-refractivity contribution in [1.29, 1.82) is 0 Å². The highest BCUT2D eigenvalue weighted by atomic mass is 32.2. The summed E-state index contributed by atoms with van der Waals surface area (Å²) in [6.45, 7) is 4.68. The zero-order valence-electron chi connectivity index (χ0n) is 18.3. The van der Waals surface area contributed by atoms with Crippen LogP contribution in [0.4, 0.5) is 10.5 Å². The van der Waals surface area contributed by atoms with Gasteiger partial charge in [-0.1, -0.05) is 18.2 Å². The van der Waals surface area contributed by atoms with Crippen LogP contribution < -0.4 is 5.32 Å². The maximum Gasteiger partial charge on any atom is 0.321 e. The number of anilines is 1. The lowest BCUT2D eigenvalue weighted by Gasteiger charge is -2.44. The molecule has 3 aliphatic heterocycles. The molecule has 0 atom stereocenters. The first-order valence-electron chi connectivity index (χ1n) is 11.1. The zero-order valence-corrected chi connectivity index (χ0v) is 19.2. The number of hydrogen-bond donors (Lipinski definition) is 1. The minimum absolute atomic E-state index is 0.107. The smallest absolute Gasteiger partial charge is 0.321 e. The van der Waals surface area contributed by atoms with Crippen molar-refractivity contribution in [2.24, 2.45) is 5.41 Å². The van der Waals surface area contributed by atoms with Crippen LogP contribution in [0.25, 0.3) is 0 Å². The maximum absolute atomic E-state index is 13.5. The number of urea groups is 1. The van der Waals surface area contributed by atoms with Gasteiger partial charge in [0, 0.05) is 44.0 Å². The van der Waals surface area contributed by atoms with Crippen LogP contribution in [0.5, 0.6) is 0 Å². The summed E-state index contributed by atoms with van der Waals surface area (Å²) in [4.78, 5) is 30.0. The highest BCUT2D eigenvalue weighted by molar-refractivity contribution is 7.88. The van der Waals surface area contributed by atoms with Gasteiger partial charge in [-0.25, -0.2) is 17.5 Å². The van der Waals surface area contributed by atoms with E-state index in [1.807, 2.05) is 47.1 Å². The Labute approximate surface area is 184 Å². The molecule has 4 rings (SSSR count). The first-order valence-corrected chi connectivity index (χ1v) is 12.9. The van der Waals surface area contributed by atoms with Crippen LogP contribution in [-0.4, -0.2) is 79.0 Å². The van der Waals surface area contributed by atoms with E-state index in [0.717, 1.165) is 24.9 Å². The van der Waals surface area contributed by atoms with Crippen LogP contribution in [0.3, 0.4) is 0 Å². The third-order valence-electron chi connectivity index (χ3n) is 7.41. The summed E-state index contributed by atoms with van der Waals surface area (Å²) in [5.41, 5.74) is 0.0736. The van der Waals surface area contributed by atoms with E-state index in [-0.39, 0.29) is 17.5 Å². The second-order valence-electron chi connectivity index (χ2n) is 9.18. The number of likely N-dealkylation sites (tertiary alicyclic amines) is 2. The fraction of sp³-hybridized carbons (Fsp3) is 0.636. The van der Waals surface area contributed by atoms with Crippen molar-refractivity contribution < 1.29 is 18.0 Å². The molecule has 0 saturated carbocycles. The highest BCUT2D eigenvalue weighted by Crippen LogP contribution is 2.52. The number of hydrogen-bond acceptors (Lipinski definition) is 4. The van der Waals surface area contributed by atoms with Crippen LogP contribution in [-0.2, 0) is 14.8 Å². The van der Waals surface area contributed by atoms with Crippen molar-refractivity contribution in [2.75, 3.05) is 44.3 Å². The molecule has 2 spiro atoms. The van der Waals surface area contributed by atoms with E-state index in [0.29, 0.717) is 45.6 Å². The van der Waals surface area contributed by atoms with E-state index in [2.05, 4.69) is 5.32 Å². The molecule has 1 aromatic rings. The van der Waals surface area contributed by atoms with Crippen LogP contribution in [0.2, 0.25) is 0 Å². The largest absolute Gasteiger partial charge is 0.337 e. The van der Waals surface area contributed by atoms with Gasteiger partial charge in [-0.3, -0.25) is 4.79 Å². The summed E-state index contributed by atoms with van der Waals surface area (Å²) in [5.74, 6) is 0.172. The van der Waals surface area contributed by atoms with E-state index in [1.54, 1.807) is 0 Å². The Kier molecular flexibility index (Phi) is 5.76. The normalized spacial score (nSPS) is 23.5. The monoisotopic (exact) mass is 448 g/mol. The molecule has 3 fully saturated rings. The third-order valence-corrected chi connectivity index (χ3v) is 8.71. The quantitative estimate of drug-likeness (QED) is 0.769. The van der Waals surface area contributed by atoms with E-state index < -0.39 is 15.4 Å². The lowest BCUT2D eigenvalue weighted by molar-refractivity contribution is -0.140. The van der Waals surface area contributed by atoms with Gasteiger partial charge in [-0.2, -0.15) is 0 Å². The Morgan fingerprint density at radius 2 is 1.65 bits per heavy atom. The average molecular weight is 449 g/mol. The van der Waals surface area contributed by atoms with Gasteiger partial charge in [-0.15, -0.1) is 0 Å². The predicted molar refractivity (Wildman–Crippen MR) is 119 cm³/mol. The molecule has 1 N–H and O–H groups in total. The Bertz CT molecular complexity index is 934. The number of carbonyl (C=O) groups is 2. The molecule has 0 bridgehead atoms. The van der Waals surface area contributed by atoms with E-state index in [1.165, 1.54) is 10.6 Å². The number of rotatable bonds is 3. The SMILES string of the molecule is CCN1C(=O)C2(CCN(S(C)(=O)=O)CC2)CC12CCN(C(=O)Nc1ccccc1)CC2. The number of benzene rings is 1. The van der Waals surface area contributed by atoms with Crippen LogP contribution in [0.15, 0.2) is 30.3 Å². The van der Waals surface area contributed by atoms with Crippen molar-refractivity contribution in [3.8, 4) is 0 Å². The van der Waals surface area contributed by atoms with E-state index >= 15 is 0 Å². The number of nitrogens with one attached hydrogen (secondary N) is 1. The van der Waals surface area contributed by atoms with E-state index in [4.69, 9.17) is 0 Å². The van der Waals surface area contributed by atoms with Gasteiger partial charge in [0.1, 0.15) is 0 Å². The van der Waals surface area contributed by atoms with Crippen molar-refractivity contribution in [3.63, 3.8) is 0 Å². The molecule has 1 aromatic carbocycles. The Hall–Kier alpha value is -2.13. The van der Waals surface area contributed by atoms with Crippen LogP contribution in [0, 0.1) is 5.41 Å². The van der Waals surface area contributed by atoms with Gasteiger partial charge < -0.3 is 15.1 Å². The number of amides is 3. The van der Waals surface area contributed by atoms with Gasteiger partial charge in [0.15, 0.2) is 0 Å². The topological polar surface area (TPSA) is 90.0 Å². The molecule has 3 saturated heterocycles. The zero-order chi connectivity index (χ0) is 22.3. The average Bonchev–Trinajstić information content (AvgIpc) is 2.95. The fourth-order valence-corrected chi connectivity index (χ4v) is 6.56. The number of sulfonamides is 1. The summed E-state index contributed by atoms with van der Waals surface area (Å²) in [6.07, 6.45) is 4.67. The van der Waals surface area contributed by atoms with Crippen molar-refractivity contribution in [3.05, 3.63) is 30.3 Å². The molecule has 3 amide bonds. The van der Waals surface area contributed by atoms with Crippen LogP contribution >= 0.6 is 0 Å². The van der Waals surface area contributed by atoms with Gasteiger partial charge in [0.25, 0.3) is 0 Å². The lowest BCUT2D eigenvalue weighted by atomic mass is 9.71. The predicted octanol–water partition coefficient (Wildman–Crippen LogP) is 2.35. The molecule has 3 heterocycles. The molecular formula is C22H32N4O4S. The highest BCUT2D eigenvalue weighted by Gasteiger charge is 2.60. The summed E-state index contributed by atoms with van der Waals surface area (Å²) in [5, 5.41) is 2.94. The second kappa shape index (κ2) is 8.09.